The minimum Gasteiger partial charge on any atom is -0.325 e. The van der Waals surface area contributed by atoms with Crippen molar-refractivity contribution in [3.63, 3.8) is 0 Å². The molecule has 132 valence electrons. The van der Waals surface area contributed by atoms with Gasteiger partial charge in [-0.15, -0.1) is 0 Å². The van der Waals surface area contributed by atoms with Gasteiger partial charge in [0.2, 0.25) is 11.8 Å². The predicted molar refractivity (Wildman–Crippen MR) is 98.2 cm³/mol. The molecule has 0 aliphatic carbocycles. The van der Waals surface area contributed by atoms with Crippen LogP contribution in [0, 0.1) is 5.82 Å². The molecular weight excluding hydrogens is 319 g/mol. The van der Waals surface area contributed by atoms with E-state index in [0.29, 0.717) is 11.4 Å². The number of amides is 2. The molecule has 0 bridgehead atoms. The highest BCUT2D eigenvalue weighted by atomic mass is 19.1. The zero-order valence-corrected chi connectivity index (χ0v) is 15.0. The smallest absolute Gasteiger partial charge is 0.244 e. The van der Waals surface area contributed by atoms with Crippen molar-refractivity contribution in [1.82, 2.24) is 0 Å². The molecule has 0 radical (unpaired) electrons. The van der Waals surface area contributed by atoms with Crippen molar-refractivity contribution in [3.05, 3.63) is 59.9 Å². The van der Waals surface area contributed by atoms with Crippen LogP contribution in [0.4, 0.5) is 15.8 Å². The molecule has 0 atom stereocenters. The number of benzene rings is 2. The Kier molecular flexibility index (Phi) is 5.57. The van der Waals surface area contributed by atoms with Crippen LogP contribution >= 0.6 is 0 Å². The Bertz CT molecular complexity index is 747. The van der Waals surface area contributed by atoms with E-state index >= 15 is 0 Å². The Hall–Kier alpha value is -2.69. The van der Waals surface area contributed by atoms with Crippen molar-refractivity contribution in [2.75, 3.05) is 16.8 Å². The maximum absolute atomic E-state index is 13.0. The van der Waals surface area contributed by atoms with E-state index in [0.717, 1.165) is 0 Å². The van der Waals surface area contributed by atoms with Crippen molar-refractivity contribution in [2.24, 2.45) is 0 Å². The third kappa shape index (κ3) is 5.14. The molecule has 0 unspecified atom stereocenters. The normalized spacial score (nSPS) is 11.1. The minimum absolute atomic E-state index is 0.0382. The number of nitrogens with one attached hydrogen (secondary N) is 1. The number of anilines is 2. The van der Waals surface area contributed by atoms with E-state index in [2.05, 4.69) is 26.1 Å². The van der Waals surface area contributed by atoms with Crippen LogP contribution in [0.25, 0.3) is 0 Å². The van der Waals surface area contributed by atoms with E-state index in [9.17, 15) is 14.0 Å². The van der Waals surface area contributed by atoms with Crippen molar-refractivity contribution in [3.8, 4) is 0 Å². The van der Waals surface area contributed by atoms with E-state index in [1.807, 2.05) is 24.3 Å². The standard InChI is InChI=1S/C20H23FN2O2/c1-14(24)23(18-11-7-16(21)8-12-18)13-19(25)22-17-9-5-15(6-10-17)20(2,3)4/h5-12H,13H2,1-4H3,(H,22,25). The SMILES string of the molecule is CC(=O)N(CC(=O)Nc1ccc(C(C)(C)C)cc1)c1ccc(F)cc1. The molecule has 0 spiro atoms. The summed E-state index contributed by atoms with van der Waals surface area (Å²) in [7, 11) is 0. The third-order valence-electron chi connectivity index (χ3n) is 3.85. The van der Waals surface area contributed by atoms with E-state index in [-0.39, 0.29) is 23.8 Å². The van der Waals surface area contributed by atoms with Crippen LogP contribution in [0.5, 0.6) is 0 Å². The van der Waals surface area contributed by atoms with Gasteiger partial charge < -0.3 is 10.2 Å². The molecule has 4 nitrogen and oxygen atoms in total. The molecule has 5 heteroatoms. The molecular formula is C20H23FN2O2. The minimum atomic E-state index is -0.393. The first-order valence-electron chi connectivity index (χ1n) is 8.11. The fourth-order valence-corrected chi connectivity index (χ4v) is 2.40. The number of rotatable bonds is 4. The van der Waals surface area contributed by atoms with Gasteiger partial charge in [-0.3, -0.25) is 9.59 Å². The topological polar surface area (TPSA) is 49.4 Å². The first-order chi connectivity index (χ1) is 11.7. The number of nitrogens with zero attached hydrogens (tertiary/aromatic N) is 1. The molecule has 0 aliphatic rings. The van der Waals surface area contributed by atoms with E-state index in [1.165, 1.54) is 41.7 Å². The Morgan fingerprint density at radius 3 is 2.04 bits per heavy atom. The molecule has 2 aromatic rings. The summed E-state index contributed by atoms with van der Waals surface area (Å²) in [6.45, 7) is 7.59. The second-order valence-corrected chi connectivity index (χ2v) is 6.96. The molecule has 0 fully saturated rings. The van der Waals surface area contributed by atoms with Crippen LogP contribution < -0.4 is 10.2 Å². The maximum atomic E-state index is 13.0. The van der Waals surface area contributed by atoms with Crippen molar-refractivity contribution < 1.29 is 14.0 Å². The van der Waals surface area contributed by atoms with E-state index in [4.69, 9.17) is 0 Å². The summed E-state index contributed by atoms with van der Waals surface area (Å²) in [6.07, 6.45) is 0. The number of halogens is 1. The molecule has 2 aromatic carbocycles. The lowest BCUT2D eigenvalue weighted by molar-refractivity contribution is -0.120. The molecule has 2 amide bonds. The van der Waals surface area contributed by atoms with Crippen LogP contribution in [-0.4, -0.2) is 18.4 Å². The van der Waals surface area contributed by atoms with Gasteiger partial charge in [0.1, 0.15) is 12.4 Å². The van der Waals surface area contributed by atoms with Gasteiger partial charge in [-0.25, -0.2) is 4.39 Å². The van der Waals surface area contributed by atoms with Gasteiger partial charge in [-0.2, -0.15) is 0 Å². The van der Waals surface area contributed by atoms with Crippen molar-refractivity contribution in [1.29, 1.82) is 0 Å². The Labute approximate surface area is 147 Å². The first-order valence-corrected chi connectivity index (χ1v) is 8.11. The van der Waals surface area contributed by atoms with Crippen LogP contribution in [-0.2, 0) is 15.0 Å². The van der Waals surface area contributed by atoms with Crippen LogP contribution in [0.3, 0.4) is 0 Å². The summed E-state index contributed by atoms with van der Waals surface area (Å²) in [5, 5.41) is 2.78. The Morgan fingerprint density at radius 2 is 1.56 bits per heavy atom. The largest absolute Gasteiger partial charge is 0.325 e. The monoisotopic (exact) mass is 342 g/mol. The van der Waals surface area contributed by atoms with Crippen molar-refractivity contribution >= 4 is 23.2 Å². The van der Waals surface area contributed by atoms with E-state index < -0.39 is 5.82 Å². The first kappa shape index (κ1) is 18.6. The van der Waals surface area contributed by atoms with Gasteiger partial charge in [-0.1, -0.05) is 32.9 Å². The Morgan fingerprint density at radius 1 is 1.00 bits per heavy atom. The maximum Gasteiger partial charge on any atom is 0.244 e. The van der Waals surface area contributed by atoms with Gasteiger partial charge in [-0.05, 0) is 47.4 Å². The van der Waals surface area contributed by atoms with Crippen molar-refractivity contribution in [2.45, 2.75) is 33.1 Å². The van der Waals surface area contributed by atoms with Crippen LogP contribution in [0.15, 0.2) is 48.5 Å². The third-order valence-corrected chi connectivity index (χ3v) is 3.85. The number of carbonyl (C=O) groups excluding carboxylic acids is 2. The fraction of sp³-hybridized carbons (Fsp3) is 0.300. The predicted octanol–water partition coefficient (Wildman–Crippen LogP) is 4.11. The van der Waals surface area contributed by atoms with Gasteiger partial charge in [0.05, 0.1) is 0 Å². The van der Waals surface area contributed by atoms with Gasteiger partial charge in [0.25, 0.3) is 0 Å². The van der Waals surface area contributed by atoms with Crippen LogP contribution in [0.2, 0.25) is 0 Å². The van der Waals surface area contributed by atoms with Gasteiger partial charge in [0.15, 0.2) is 0 Å². The summed E-state index contributed by atoms with van der Waals surface area (Å²) in [5.74, 6) is -0.997. The number of carbonyl (C=O) groups is 2. The molecule has 0 aliphatic heterocycles. The lowest BCUT2D eigenvalue weighted by Gasteiger charge is -2.21. The van der Waals surface area contributed by atoms with Crippen LogP contribution in [0.1, 0.15) is 33.3 Å². The average Bonchev–Trinajstić information content (AvgIpc) is 2.53. The molecule has 0 aromatic heterocycles. The molecule has 0 saturated carbocycles. The lowest BCUT2D eigenvalue weighted by atomic mass is 9.87. The lowest BCUT2D eigenvalue weighted by Crippen LogP contribution is -2.36. The highest BCUT2D eigenvalue weighted by Crippen LogP contribution is 2.23. The molecule has 1 N–H and O–H groups in total. The highest BCUT2D eigenvalue weighted by Gasteiger charge is 2.17. The fourth-order valence-electron chi connectivity index (χ4n) is 2.40. The average molecular weight is 342 g/mol. The summed E-state index contributed by atoms with van der Waals surface area (Å²) in [6, 6.07) is 13.1. The van der Waals surface area contributed by atoms with E-state index in [1.54, 1.807) is 0 Å². The molecule has 2 rings (SSSR count). The summed E-state index contributed by atoms with van der Waals surface area (Å²) in [5.41, 5.74) is 2.35. The van der Waals surface area contributed by atoms with Gasteiger partial charge in [0, 0.05) is 18.3 Å². The second-order valence-electron chi connectivity index (χ2n) is 6.96. The second kappa shape index (κ2) is 7.47. The summed E-state index contributed by atoms with van der Waals surface area (Å²) >= 11 is 0. The number of hydrogen-bond acceptors (Lipinski definition) is 2. The molecule has 25 heavy (non-hydrogen) atoms. The quantitative estimate of drug-likeness (QED) is 0.909. The number of hydrogen-bond donors (Lipinski definition) is 1. The molecule has 0 saturated heterocycles. The zero-order chi connectivity index (χ0) is 18.6. The summed E-state index contributed by atoms with van der Waals surface area (Å²) < 4.78 is 13.0. The zero-order valence-electron chi connectivity index (χ0n) is 15.0. The summed E-state index contributed by atoms with van der Waals surface area (Å²) in [4.78, 5) is 25.4. The Balaban J connectivity index is 2.06. The van der Waals surface area contributed by atoms with Gasteiger partial charge >= 0.3 is 0 Å². The highest BCUT2D eigenvalue weighted by molar-refractivity contribution is 6.01. The molecule has 0 heterocycles.